The predicted molar refractivity (Wildman–Crippen MR) is 272 cm³/mol. The summed E-state index contributed by atoms with van der Waals surface area (Å²) in [5, 5.41) is 86.8. The third kappa shape index (κ3) is 28.5. The van der Waals surface area contributed by atoms with Crippen LogP contribution in [0.5, 0.6) is 0 Å². The number of hydrogen-bond donors (Lipinski definition) is 9. The molecule has 2 aliphatic heterocycles. The Balaban J connectivity index is 1.77. The third-order valence-electron chi connectivity index (χ3n) is 13.9. The summed E-state index contributed by atoms with van der Waals surface area (Å²) in [5.74, 6) is -0.246. The van der Waals surface area contributed by atoms with Crippen LogP contribution in [0.3, 0.4) is 0 Å². The maximum Gasteiger partial charge on any atom is 0.220 e. The van der Waals surface area contributed by atoms with Crippen molar-refractivity contribution in [2.75, 3.05) is 19.8 Å². The lowest BCUT2D eigenvalue weighted by Crippen LogP contribution is -2.65. The summed E-state index contributed by atoms with van der Waals surface area (Å²) >= 11 is 0. The number of aliphatic hydroxyl groups is 8. The summed E-state index contributed by atoms with van der Waals surface area (Å²) in [6.07, 6.45) is 30.8. The molecule has 0 aromatic rings. The Bertz CT molecular complexity index is 1260. The van der Waals surface area contributed by atoms with E-state index < -0.39 is 86.8 Å². The SMILES string of the molecule is CCCCCCCCC/C=C/CC/C=C/C(O)C(COC1OC(CO)C(OC2OC(CO)C(O)C(O)C2O)C(O)C1O)NC(=O)CCCCCCCCCCCCCCCCCCCCCCCC. The van der Waals surface area contributed by atoms with Crippen LogP contribution in [0.4, 0.5) is 0 Å². The van der Waals surface area contributed by atoms with Crippen LogP contribution in [0.2, 0.25) is 0 Å². The lowest BCUT2D eigenvalue weighted by atomic mass is 9.97. The van der Waals surface area contributed by atoms with Gasteiger partial charge in [0.2, 0.25) is 5.91 Å². The lowest BCUT2D eigenvalue weighted by Gasteiger charge is -2.46. The van der Waals surface area contributed by atoms with Crippen LogP contribution in [-0.4, -0.2) is 140 Å². The normalized spacial score (nSPS) is 26.3. The molecule has 0 radical (unpaired) electrons. The summed E-state index contributed by atoms with van der Waals surface area (Å²) in [7, 11) is 0. The van der Waals surface area contributed by atoms with Crippen LogP contribution in [0, 0.1) is 0 Å². The Hall–Kier alpha value is -1.53. The zero-order chi connectivity index (χ0) is 50.3. The average molecular weight is 986 g/mol. The highest BCUT2D eigenvalue weighted by Crippen LogP contribution is 2.30. The maximum absolute atomic E-state index is 13.2. The quantitative estimate of drug-likeness (QED) is 0.0206. The summed E-state index contributed by atoms with van der Waals surface area (Å²) < 4.78 is 22.7. The van der Waals surface area contributed by atoms with Crippen LogP contribution in [-0.2, 0) is 23.7 Å². The summed E-state index contributed by atoms with van der Waals surface area (Å²) in [5.41, 5.74) is 0. The Kier molecular flexibility index (Phi) is 38.6. The molecule has 12 atom stereocenters. The van der Waals surface area contributed by atoms with Gasteiger partial charge in [0.15, 0.2) is 12.6 Å². The topological polar surface area (TPSA) is 228 Å². The van der Waals surface area contributed by atoms with Gasteiger partial charge in [-0.2, -0.15) is 0 Å². The van der Waals surface area contributed by atoms with Gasteiger partial charge in [-0.3, -0.25) is 4.79 Å². The monoisotopic (exact) mass is 986 g/mol. The van der Waals surface area contributed by atoms with E-state index in [0.29, 0.717) is 12.8 Å². The second kappa shape index (κ2) is 41.9. The molecule has 0 aromatic heterocycles. The number of amides is 1. The van der Waals surface area contributed by atoms with Gasteiger partial charge >= 0.3 is 0 Å². The minimum absolute atomic E-state index is 0.246. The number of rotatable bonds is 44. The molecular weight excluding hydrogens is 883 g/mol. The number of unbranched alkanes of at least 4 members (excludes halogenated alkanes) is 29. The molecule has 2 heterocycles. The first kappa shape index (κ1) is 63.6. The third-order valence-corrected chi connectivity index (χ3v) is 13.9. The van der Waals surface area contributed by atoms with E-state index in [1.807, 2.05) is 6.08 Å². The van der Waals surface area contributed by atoms with Crippen molar-refractivity contribution in [2.45, 2.75) is 299 Å². The summed E-state index contributed by atoms with van der Waals surface area (Å²) in [6, 6.07) is -0.926. The lowest BCUT2D eigenvalue weighted by molar-refractivity contribution is -0.359. The first-order valence-corrected chi connectivity index (χ1v) is 28.1. The van der Waals surface area contributed by atoms with Gasteiger partial charge in [-0.05, 0) is 32.1 Å². The Morgan fingerprint density at radius 1 is 0.507 bits per heavy atom. The highest BCUT2D eigenvalue weighted by molar-refractivity contribution is 5.76. The van der Waals surface area contributed by atoms with Crippen molar-refractivity contribution in [2.24, 2.45) is 0 Å². The second-order valence-corrected chi connectivity index (χ2v) is 20.1. The van der Waals surface area contributed by atoms with Gasteiger partial charge in [-0.1, -0.05) is 212 Å². The molecule has 14 heteroatoms. The van der Waals surface area contributed by atoms with E-state index in [0.717, 1.165) is 32.1 Å². The highest BCUT2D eigenvalue weighted by atomic mass is 16.7. The molecule has 69 heavy (non-hydrogen) atoms. The van der Waals surface area contributed by atoms with Crippen molar-refractivity contribution in [1.82, 2.24) is 5.32 Å². The van der Waals surface area contributed by atoms with E-state index in [1.165, 1.54) is 161 Å². The summed E-state index contributed by atoms with van der Waals surface area (Å²) in [6.45, 7) is 2.78. The molecule has 0 aromatic carbocycles. The zero-order valence-electron chi connectivity index (χ0n) is 43.3. The molecule has 0 aliphatic carbocycles. The first-order valence-electron chi connectivity index (χ1n) is 28.1. The maximum atomic E-state index is 13.2. The van der Waals surface area contributed by atoms with Gasteiger partial charge in [-0.25, -0.2) is 0 Å². The molecule has 0 saturated carbocycles. The highest BCUT2D eigenvalue weighted by Gasteiger charge is 2.51. The van der Waals surface area contributed by atoms with E-state index in [1.54, 1.807) is 6.08 Å². The standard InChI is InChI=1S/C55H103NO13/c1-3-5-7-9-11-13-15-17-18-19-20-21-22-23-24-25-27-29-31-33-35-37-39-47(60)56-43(44(59)38-36-34-32-30-28-26-16-14-12-10-8-6-4-2)42-66-54-52(65)50(63)53(46(41-58)68-54)69-55-51(64)49(62)48(61)45(40-57)67-55/h28,30,36,38,43-46,48-55,57-59,61-65H,3-27,29,31-35,37,39-42H2,1-2H3,(H,56,60)/b30-28+,38-36+. The molecule has 2 aliphatic rings. The Morgan fingerprint density at radius 3 is 1.42 bits per heavy atom. The zero-order valence-corrected chi connectivity index (χ0v) is 43.3. The smallest absolute Gasteiger partial charge is 0.220 e. The van der Waals surface area contributed by atoms with E-state index in [9.17, 15) is 45.6 Å². The Labute approximate surface area is 418 Å². The van der Waals surface area contributed by atoms with Crippen LogP contribution >= 0.6 is 0 Å². The van der Waals surface area contributed by atoms with Crippen molar-refractivity contribution < 1.29 is 64.6 Å². The van der Waals surface area contributed by atoms with Crippen LogP contribution < -0.4 is 5.32 Å². The molecule has 14 nitrogen and oxygen atoms in total. The van der Waals surface area contributed by atoms with Gasteiger partial charge < -0.3 is 65.1 Å². The van der Waals surface area contributed by atoms with Crippen molar-refractivity contribution in [1.29, 1.82) is 0 Å². The van der Waals surface area contributed by atoms with E-state index in [-0.39, 0.29) is 18.9 Å². The molecule has 12 unspecified atom stereocenters. The van der Waals surface area contributed by atoms with E-state index in [4.69, 9.17) is 18.9 Å². The molecule has 0 bridgehead atoms. The fourth-order valence-corrected chi connectivity index (χ4v) is 9.31. The van der Waals surface area contributed by atoms with Crippen LogP contribution in [0.25, 0.3) is 0 Å². The molecule has 406 valence electrons. The first-order chi connectivity index (χ1) is 33.6. The van der Waals surface area contributed by atoms with Gasteiger partial charge in [0.1, 0.15) is 48.8 Å². The van der Waals surface area contributed by atoms with Crippen LogP contribution in [0.15, 0.2) is 24.3 Å². The second-order valence-electron chi connectivity index (χ2n) is 20.1. The molecular formula is C55H103NO13. The molecule has 9 N–H and O–H groups in total. The largest absolute Gasteiger partial charge is 0.394 e. The number of nitrogens with one attached hydrogen (secondary N) is 1. The number of allylic oxidation sites excluding steroid dienone is 3. The molecule has 1 amide bonds. The minimum Gasteiger partial charge on any atom is -0.394 e. The van der Waals surface area contributed by atoms with Crippen molar-refractivity contribution in [3.8, 4) is 0 Å². The number of aliphatic hydroxyl groups excluding tert-OH is 8. The molecule has 2 fully saturated rings. The number of carbonyl (C=O) groups excluding carboxylic acids is 1. The Morgan fingerprint density at radius 2 is 0.928 bits per heavy atom. The molecule has 2 rings (SSSR count). The van der Waals surface area contributed by atoms with Gasteiger partial charge in [0.25, 0.3) is 0 Å². The fraction of sp³-hybridized carbons (Fsp3) is 0.909. The van der Waals surface area contributed by atoms with Crippen molar-refractivity contribution in [3.05, 3.63) is 24.3 Å². The number of hydrogen-bond acceptors (Lipinski definition) is 13. The summed E-state index contributed by atoms with van der Waals surface area (Å²) in [4.78, 5) is 13.2. The molecule has 0 spiro atoms. The van der Waals surface area contributed by atoms with Crippen LogP contribution in [0.1, 0.15) is 226 Å². The van der Waals surface area contributed by atoms with E-state index in [2.05, 4.69) is 31.3 Å². The van der Waals surface area contributed by atoms with Gasteiger partial charge in [-0.15, -0.1) is 0 Å². The van der Waals surface area contributed by atoms with E-state index >= 15 is 0 Å². The van der Waals surface area contributed by atoms with Gasteiger partial charge in [0.05, 0.1) is 32.0 Å². The van der Waals surface area contributed by atoms with Gasteiger partial charge in [0, 0.05) is 6.42 Å². The molecule has 2 saturated heterocycles. The average Bonchev–Trinajstić information content (AvgIpc) is 3.35. The minimum atomic E-state index is -1.79. The number of carbonyl (C=O) groups is 1. The van der Waals surface area contributed by atoms with Crippen molar-refractivity contribution in [3.63, 3.8) is 0 Å². The fourth-order valence-electron chi connectivity index (χ4n) is 9.31. The predicted octanol–water partition coefficient (Wildman–Crippen LogP) is 8.50. The number of ether oxygens (including phenoxy) is 4. The van der Waals surface area contributed by atoms with Crippen molar-refractivity contribution >= 4 is 5.91 Å².